The predicted molar refractivity (Wildman–Crippen MR) is 80.1 cm³/mol. The van der Waals surface area contributed by atoms with E-state index in [4.69, 9.17) is 5.26 Å². The molecule has 1 amide bonds. The number of nitrogens with zero attached hydrogens (tertiary/aromatic N) is 1. The minimum Gasteiger partial charge on any atom is -0.469 e. The van der Waals surface area contributed by atoms with Gasteiger partial charge in [0, 0.05) is 12.8 Å². The van der Waals surface area contributed by atoms with E-state index in [-0.39, 0.29) is 19.3 Å². The van der Waals surface area contributed by atoms with Crippen molar-refractivity contribution in [3.63, 3.8) is 0 Å². The lowest BCUT2D eigenvalue weighted by molar-refractivity contribution is -0.145. The average Bonchev–Trinajstić information content (AvgIpc) is 2.58. The summed E-state index contributed by atoms with van der Waals surface area (Å²) in [4.78, 5) is 34.7. The highest BCUT2D eigenvalue weighted by Gasteiger charge is 2.23. The van der Waals surface area contributed by atoms with E-state index < -0.39 is 23.9 Å². The summed E-state index contributed by atoms with van der Waals surface area (Å²) in [5.74, 6) is -1.60. The van der Waals surface area contributed by atoms with E-state index in [0.29, 0.717) is 11.1 Å². The second kappa shape index (κ2) is 9.20. The number of amides is 1. The molecule has 0 aliphatic carbocycles. The Bertz CT molecular complexity index is 621. The molecule has 0 heterocycles. The minimum absolute atomic E-state index is 0.0784. The number of hydrogen-bond acceptors (Lipinski definition) is 6. The second-order valence-corrected chi connectivity index (χ2v) is 4.69. The van der Waals surface area contributed by atoms with Gasteiger partial charge in [0.1, 0.15) is 6.04 Å². The third-order valence-corrected chi connectivity index (χ3v) is 3.17. The maximum Gasteiger partial charge on any atom is 0.328 e. The van der Waals surface area contributed by atoms with Crippen molar-refractivity contribution >= 4 is 17.8 Å². The highest BCUT2D eigenvalue weighted by atomic mass is 16.5. The summed E-state index contributed by atoms with van der Waals surface area (Å²) >= 11 is 0. The van der Waals surface area contributed by atoms with E-state index in [1.807, 2.05) is 6.07 Å². The Morgan fingerprint density at radius 2 is 1.87 bits per heavy atom. The molecular formula is C16H18N2O5. The van der Waals surface area contributed by atoms with Gasteiger partial charge < -0.3 is 14.8 Å². The number of benzene rings is 1. The quantitative estimate of drug-likeness (QED) is 0.742. The SMILES string of the molecule is COC(=O)CCC(=O)N[C@@H](Cc1ccccc1C#N)C(=O)OC. The van der Waals surface area contributed by atoms with Gasteiger partial charge in [-0.2, -0.15) is 5.26 Å². The number of nitriles is 1. The molecule has 0 aliphatic heterocycles. The molecule has 0 unspecified atom stereocenters. The maximum atomic E-state index is 11.8. The largest absolute Gasteiger partial charge is 0.469 e. The van der Waals surface area contributed by atoms with Crippen LogP contribution in [0.2, 0.25) is 0 Å². The van der Waals surface area contributed by atoms with Crippen LogP contribution in [0.1, 0.15) is 24.0 Å². The monoisotopic (exact) mass is 318 g/mol. The van der Waals surface area contributed by atoms with Crippen LogP contribution in [0, 0.1) is 11.3 Å². The first kappa shape index (κ1) is 18.2. The third kappa shape index (κ3) is 5.79. The molecule has 0 fully saturated rings. The summed E-state index contributed by atoms with van der Waals surface area (Å²) in [5.41, 5.74) is 1.05. The smallest absolute Gasteiger partial charge is 0.328 e. The molecule has 23 heavy (non-hydrogen) atoms. The van der Waals surface area contributed by atoms with Crippen LogP contribution in [0.15, 0.2) is 24.3 Å². The Hall–Kier alpha value is -2.88. The van der Waals surface area contributed by atoms with Crippen LogP contribution in [0.4, 0.5) is 0 Å². The summed E-state index contributed by atoms with van der Waals surface area (Å²) < 4.78 is 9.13. The average molecular weight is 318 g/mol. The molecule has 0 aromatic heterocycles. The van der Waals surface area contributed by atoms with E-state index in [1.165, 1.54) is 14.2 Å². The molecule has 1 aromatic rings. The van der Waals surface area contributed by atoms with Crippen molar-refractivity contribution in [3.05, 3.63) is 35.4 Å². The fourth-order valence-corrected chi connectivity index (χ4v) is 1.95. The highest BCUT2D eigenvalue weighted by molar-refractivity contribution is 5.86. The molecule has 1 rings (SSSR count). The van der Waals surface area contributed by atoms with Gasteiger partial charge in [0.25, 0.3) is 0 Å². The second-order valence-electron chi connectivity index (χ2n) is 4.69. The van der Waals surface area contributed by atoms with Crippen LogP contribution in [0.25, 0.3) is 0 Å². The van der Waals surface area contributed by atoms with E-state index in [1.54, 1.807) is 24.3 Å². The summed E-state index contributed by atoms with van der Waals surface area (Å²) in [6.45, 7) is 0. The number of nitrogens with one attached hydrogen (secondary N) is 1. The number of esters is 2. The van der Waals surface area contributed by atoms with Crippen LogP contribution < -0.4 is 5.32 Å². The van der Waals surface area contributed by atoms with Gasteiger partial charge in [-0.25, -0.2) is 4.79 Å². The Morgan fingerprint density at radius 1 is 1.17 bits per heavy atom. The summed E-state index contributed by atoms with van der Waals surface area (Å²) in [5, 5.41) is 11.6. The number of carbonyl (C=O) groups excluding carboxylic acids is 3. The molecule has 0 spiro atoms. The van der Waals surface area contributed by atoms with Crippen molar-refractivity contribution in [1.82, 2.24) is 5.32 Å². The van der Waals surface area contributed by atoms with Gasteiger partial charge in [-0.3, -0.25) is 9.59 Å². The molecule has 0 bridgehead atoms. The summed E-state index contributed by atoms with van der Waals surface area (Å²) in [7, 11) is 2.45. The van der Waals surface area contributed by atoms with Gasteiger partial charge in [-0.05, 0) is 11.6 Å². The van der Waals surface area contributed by atoms with Gasteiger partial charge in [-0.15, -0.1) is 0 Å². The molecule has 0 radical (unpaired) electrons. The van der Waals surface area contributed by atoms with Gasteiger partial charge in [0.2, 0.25) is 5.91 Å². The standard InChI is InChI=1S/C16H18N2O5/c1-22-15(20)8-7-14(19)18-13(16(21)23-2)9-11-5-3-4-6-12(11)10-17/h3-6,13H,7-9H2,1-2H3,(H,18,19)/t13-/m0/s1. The van der Waals surface area contributed by atoms with Crippen molar-refractivity contribution in [2.45, 2.75) is 25.3 Å². The van der Waals surface area contributed by atoms with Crippen molar-refractivity contribution in [2.24, 2.45) is 0 Å². The molecule has 1 aromatic carbocycles. The van der Waals surface area contributed by atoms with E-state index in [9.17, 15) is 14.4 Å². The molecule has 0 saturated heterocycles. The third-order valence-electron chi connectivity index (χ3n) is 3.17. The predicted octanol–water partition coefficient (Wildman–Crippen LogP) is 0.712. The van der Waals surface area contributed by atoms with Crippen LogP contribution in [-0.2, 0) is 30.3 Å². The van der Waals surface area contributed by atoms with Gasteiger partial charge in [-0.1, -0.05) is 18.2 Å². The van der Waals surface area contributed by atoms with Gasteiger partial charge in [0.05, 0.1) is 32.3 Å². The number of hydrogen-bond donors (Lipinski definition) is 1. The normalized spacial score (nSPS) is 11.0. The number of methoxy groups -OCH3 is 2. The first-order valence-electron chi connectivity index (χ1n) is 6.93. The molecular weight excluding hydrogens is 300 g/mol. The lowest BCUT2D eigenvalue weighted by Gasteiger charge is -2.17. The number of rotatable bonds is 7. The molecule has 1 N–H and O–H groups in total. The first-order valence-corrected chi connectivity index (χ1v) is 6.93. The number of ether oxygens (including phenoxy) is 2. The van der Waals surface area contributed by atoms with Crippen molar-refractivity contribution in [3.8, 4) is 6.07 Å². The lowest BCUT2D eigenvalue weighted by Crippen LogP contribution is -2.43. The Labute approximate surface area is 134 Å². The van der Waals surface area contributed by atoms with E-state index in [2.05, 4.69) is 14.8 Å². The zero-order valence-electron chi connectivity index (χ0n) is 13.0. The Kier molecular flexibility index (Phi) is 7.27. The maximum absolute atomic E-state index is 11.8. The van der Waals surface area contributed by atoms with E-state index in [0.717, 1.165) is 0 Å². The minimum atomic E-state index is -0.931. The van der Waals surface area contributed by atoms with Crippen molar-refractivity contribution < 1.29 is 23.9 Å². The first-order chi connectivity index (χ1) is 11.0. The topological polar surface area (TPSA) is 105 Å². The molecule has 7 heteroatoms. The lowest BCUT2D eigenvalue weighted by atomic mass is 10.0. The summed E-state index contributed by atoms with van der Waals surface area (Å²) in [6, 6.07) is 7.89. The molecule has 1 atom stereocenters. The molecule has 0 aliphatic rings. The van der Waals surface area contributed by atoms with Crippen LogP contribution in [-0.4, -0.2) is 38.1 Å². The zero-order valence-corrected chi connectivity index (χ0v) is 13.0. The Balaban J connectivity index is 2.77. The van der Waals surface area contributed by atoms with Crippen molar-refractivity contribution in [2.75, 3.05) is 14.2 Å². The fraction of sp³-hybridized carbons (Fsp3) is 0.375. The highest BCUT2D eigenvalue weighted by Crippen LogP contribution is 2.11. The van der Waals surface area contributed by atoms with Gasteiger partial charge >= 0.3 is 11.9 Å². The molecule has 0 saturated carbocycles. The van der Waals surface area contributed by atoms with Crippen LogP contribution >= 0.6 is 0 Å². The number of carbonyl (C=O) groups is 3. The molecule has 7 nitrogen and oxygen atoms in total. The van der Waals surface area contributed by atoms with Crippen molar-refractivity contribution in [1.29, 1.82) is 5.26 Å². The Morgan fingerprint density at radius 3 is 2.48 bits per heavy atom. The van der Waals surface area contributed by atoms with Crippen LogP contribution in [0.5, 0.6) is 0 Å². The van der Waals surface area contributed by atoms with Crippen LogP contribution in [0.3, 0.4) is 0 Å². The van der Waals surface area contributed by atoms with E-state index >= 15 is 0 Å². The summed E-state index contributed by atoms with van der Waals surface area (Å²) in [6.07, 6.45) is -0.0502. The zero-order chi connectivity index (χ0) is 17.2. The fourth-order valence-electron chi connectivity index (χ4n) is 1.95. The molecule has 122 valence electrons. The van der Waals surface area contributed by atoms with Gasteiger partial charge in [0.15, 0.2) is 0 Å².